The summed E-state index contributed by atoms with van der Waals surface area (Å²) in [4.78, 5) is 34.7. The standard InChI is InChI=1S/C20H19N3O5/c1-12-2-7-17-15(10-12)16(23-28-17)11-18(24)22-14-5-3-13(4-6-14)20(27)21-9-8-19(25)26/h2-7,10H,8-9,11H2,1H3,(H,21,27)(H,22,24)(H,25,26). The maximum Gasteiger partial charge on any atom is 0.305 e. The Morgan fingerprint density at radius 2 is 1.86 bits per heavy atom. The minimum absolute atomic E-state index is 0.0534. The molecular weight excluding hydrogens is 362 g/mol. The second-order valence-corrected chi connectivity index (χ2v) is 6.33. The van der Waals surface area contributed by atoms with Crippen LogP contribution in [0.25, 0.3) is 11.0 Å². The van der Waals surface area contributed by atoms with Gasteiger partial charge >= 0.3 is 5.97 Å². The molecule has 8 nitrogen and oxygen atoms in total. The van der Waals surface area contributed by atoms with Crippen molar-refractivity contribution in [1.29, 1.82) is 0 Å². The van der Waals surface area contributed by atoms with Crippen molar-refractivity contribution in [3.05, 3.63) is 59.3 Å². The highest BCUT2D eigenvalue weighted by Crippen LogP contribution is 2.20. The smallest absolute Gasteiger partial charge is 0.305 e. The molecule has 144 valence electrons. The lowest BCUT2D eigenvalue weighted by Crippen LogP contribution is -2.26. The number of carbonyl (C=O) groups is 3. The first-order valence-corrected chi connectivity index (χ1v) is 8.67. The second-order valence-electron chi connectivity index (χ2n) is 6.33. The molecule has 0 fully saturated rings. The summed E-state index contributed by atoms with van der Waals surface area (Å²) in [5, 5.41) is 18.6. The maximum atomic E-state index is 12.3. The van der Waals surface area contributed by atoms with Gasteiger partial charge in [-0.25, -0.2) is 0 Å². The molecule has 0 saturated carbocycles. The zero-order chi connectivity index (χ0) is 20.1. The van der Waals surface area contributed by atoms with Gasteiger partial charge in [0.25, 0.3) is 5.91 Å². The lowest BCUT2D eigenvalue weighted by Gasteiger charge is -2.07. The first kappa shape index (κ1) is 19.1. The number of nitrogens with one attached hydrogen (secondary N) is 2. The Hall–Kier alpha value is -3.68. The molecule has 0 aliphatic heterocycles. The average molecular weight is 381 g/mol. The number of rotatable bonds is 7. The monoisotopic (exact) mass is 381 g/mol. The quantitative estimate of drug-likeness (QED) is 0.578. The molecule has 1 aromatic heterocycles. The number of anilines is 1. The third-order valence-corrected chi connectivity index (χ3v) is 4.08. The van der Waals surface area contributed by atoms with Gasteiger partial charge in [0.15, 0.2) is 5.58 Å². The van der Waals surface area contributed by atoms with E-state index < -0.39 is 5.97 Å². The fraction of sp³-hybridized carbons (Fsp3) is 0.200. The summed E-state index contributed by atoms with van der Waals surface area (Å²) in [6.45, 7) is 2.01. The van der Waals surface area contributed by atoms with Gasteiger partial charge in [-0.1, -0.05) is 16.8 Å². The number of fused-ring (bicyclic) bond motifs is 1. The number of aliphatic carboxylic acids is 1. The van der Waals surface area contributed by atoms with Gasteiger partial charge in [-0.3, -0.25) is 14.4 Å². The molecule has 0 aliphatic carbocycles. The van der Waals surface area contributed by atoms with E-state index in [-0.39, 0.29) is 31.2 Å². The number of aromatic nitrogens is 1. The topological polar surface area (TPSA) is 122 Å². The van der Waals surface area contributed by atoms with E-state index in [4.69, 9.17) is 9.63 Å². The van der Waals surface area contributed by atoms with Crippen molar-refractivity contribution >= 4 is 34.4 Å². The Bertz CT molecular complexity index is 1020. The molecule has 8 heteroatoms. The first-order valence-electron chi connectivity index (χ1n) is 8.67. The summed E-state index contributed by atoms with van der Waals surface area (Å²) in [5.41, 5.74) is 3.16. The van der Waals surface area contributed by atoms with Gasteiger partial charge in [-0.05, 0) is 43.3 Å². The van der Waals surface area contributed by atoms with Gasteiger partial charge in [0.1, 0.15) is 5.69 Å². The first-order chi connectivity index (χ1) is 13.4. The van der Waals surface area contributed by atoms with Gasteiger partial charge in [0.2, 0.25) is 5.91 Å². The molecule has 1 heterocycles. The molecule has 3 N–H and O–H groups in total. The molecule has 0 radical (unpaired) electrons. The largest absolute Gasteiger partial charge is 0.481 e. The minimum atomic E-state index is -0.978. The van der Waals surface area contributed by atoms with Gasteiger partial charge < -0.3 is 20.3 Å². The van der Waals surface area contributed by atoms with Crippen molar-refractivity contribution in [3.8, 4) is 0 Å². The van der Waals surface area contributed by atoms with Crippen molar-refractivity contribution in [2.24, 2.45) is 0 Å². The number of carboxylic acids is 1. The number of benzene rings is 2. The van der Waals surface area contributed by atoms with Crippen LogP contribution in [0, 0.1) is 6.92 Å². The fourth-order valence-electron chi connectivity index (χ4n) is 2.68. The third kappa shape index (κ3) is 4.73. The van der Waals surface area contributed by atoms with Gasteiger partial charge in [0, 0.05) is 23.2 Å². The van der Waals surface area contributed by atoms with E-state index in [9.17, 15) is 14.4 Å². The number of hydrogen-bond acceptors (Lipinski definition) is 5. The number of carbonyl (C=O) groups excluding carboxylic acids is 2. The molecule has 2 amide bonds. The summed E-state index contributed by atoms with van der Waals surface area (Å²) in [5.74, 6) is -1.60. The third-order valence-electron chi connectivity index (χ3n) is 4.08. The lowest BCUT2D eigenvalue weighted by atomic mass is 10.1. The van der Waals surface area contributed by atoms with E-state index in [0.29, 0.717) is 22.5 Å². The molecule has 3 aromatic rings. The molecule has 3 rings (SSSR count). The zero-order valence-electron chi connectivity index (χ0n) is 15.2. The van der Waals surface area contributed by atoms with Crippen LogP contribution in [0.1, 0.15) is 28.0 Å². The van der Waals surface area contributed by atoms with E-state index in [2.05, 4.69) is 15.8 Å². The van der Waals surface area contributed by atoms with E-state index >= 15 is 0 Å². The van der Waals surface area contributed by atoms with Crippen LogP contribution in [0.15, 0.2) is 47.0 Å². The molecule has 0 unspecified atom stereocenters. The van der Waals surface area contributed by atoms with Crippen LogP contribution in [-0.2, 0) is 16.0 Å². The van der Waals surface area contributed by atoms with Crippen LogP contribution in [0.3, 0.4) is 0 Å². The summed E-state index contributed by atoms with van der Waals surface area (Å²) in [6.07, 6.45) is -0.0794. The minimum Gasteiger partial charge on any atom is -0.481 e. The van der Waals surface area contributed by atoms with Gasteiger partial charge in [-0.2, -0.15) is 0 Å². The fourth-order valence-corrected chi connectivity index (χ4v) is 2.68. The Morgan fingerprint density at radius 1 is 1.11 bits per heavy atom. The Labute approximate surface area is 160 Å². The van der Waals surface area contributed by atoms with Crippen molar-refractivity contribution in [2.45, 2.75) is 19.8 Å². The second kappa shape index (κ2) is 8.34. The molecule has 2 aromatic carbocycles. The number of nitrogens with zero attached hydrogens (tertiary/aromatic N) is 1. The number of amides is 2. The van der Waals surface area contributed by atoms with Crippen LogP contribution in [0.5, 0.6) is 0 Å². The highest BCUT2D eigenvalue weighted by molar-refractivity contribution is 5.97. The molecule has 0 spiro atoms. The SMILES string of the molecule is Cc1ccc2onc(CC(=O)Nc3ccc(C(=O)NCCC(=O)O)cc3)c2c1. The summed E-state index contributed by atoms with van der Waals surface area (Å²) < 4.78 is 5.23. The van der Waals surface area contributed by atoms with Gasteiger partial charge in [-0.15, -0.1) is 0 Å². The van der Waals surface area contributed by atoms with Crippen molar-refractivity contribution < 1.29 is 24.0 Å². The predicted molar refractivity (Wildman–Crippen MR) is 102 cm³/mol. The molecular formula is C20H19N3O5. The van der Waals surface area contributed by atoms with Crippen molar-refractivity contribution in [3.63, 3.8) is 0 Å². The Kier molecular flexibility index (Phi) is 5.69. The van der Waals surface area contributed by atoms with Crippen LogP contribution in [0.4, 0.5) is 5.69 Å². The lowest BCUT2D eigenvalue weighted by molar-refractivity contribution is -0.136. The average Bonchev–Trinajstić information content (AvgIpc) is 3.03. The molecule has 0 atom stereocenters. The highest BCUT2D eigenvalue weighted by atomic mass is 16.5. The van der Waals surface area contributed by atoms with Crippen molar-refractivity contribution in [1.82, 2.24) is 10.5 Å². The van der Waals surface area contributed by atoms with Gasteiger partial charge in [0.05, 0.1) is 12.8 Å². The number of aryl methyl sites for hydroxylation is 1. The summed E-state index contributed by atoms with van der Waals surface area (Å²) >= 11 is 0. The normalized spacial score (nSPS) is 10.6. The van der Waals surface area contributed by atoms with E-state index in [1.807, 2.05) is 25.1 Å². The zero-order valence-corrected chi connectivity index (χ0v) is 15.2. The number of carboxylic acid groups (broad SMARTS) is 1. The van der Waals surface area contributed by atoms with Crippen LogP contribution < -0.4 is 10.6 Å². The van der Waals surface area contributed by atoms with Crippen LogP contribution in [0.2, 0.25) is 0 Å². The Morgan fingerprint density at radius 3 is 2.57 bits per heavy atom. The summed E-state index contributed by atoms with van der Waals surface area (Å²) in [6, 6.07) is 12.0. The van der Waals surface area contributed by atoms with E-state index in [1.54, 1.807) is 24.3 Å². The Balaban J connectivity index is 1.59. The maximum absolute atomic E-state index is 12.3. The van der Waals surface area contributed by atoms with Crippen molar-refractivity contribution in [2.75, 3.05) is 11.9 Å². The molecule has 0 bridgehead atoms. The highest BCUT2D eigenvalue weighted by Gasteiger charge is 2.13. The van der Waals surface area contributed by atoms with E-state index in [1.165, 1.54) is 0 Å². The molecule has 0 aliphatic rings. The number of hydrogen-bond donors (Lipinski definition) is 3. The predicted octanol–water partition coefficient (Wildman–Crippen LogP) is 2.52. The van der Waals surface area contributed by atoms with Crippen LogP contribution >= 0.6 is 0 Å². The summed E-state index contributed by atoms with van der Waals surface area (Å²) in [7, 11) is 0. The molecule has 28 heavy (non-hydrogen) atoms. The van der Waals surface area contributed by atoms with E-state index in [0.717, 1.165) is 10.9 Å². The van der Waals surface area contributed by atoms with Crippen LogP contribution in [-0.4, -0.2) is 34.6 Å². The molecule has 0 saturated heterocycles.